The molecule has 0 radical (unpaired) electrons. The summed E-state index contributed by atoms with van der Waals surface area (Å²) in [5.41, 5.74) is 1.35. The zero-order valence-corrected chi connectivity index (χ0v) is 7.67. The van der Waals surface area contributed by atoms with Gasteiger partial charge in [0.05, 0.1) is 19.2 Å². The van der Waals surface area contributed by atoms with Crippen LogP contribution in [-0.2, 0) is 6.61 Å². The first-order chi connectivity index (χ1) is 6.74. The molecule has 0 fully saturated rings. The summed E-state index contributed by atoms with van der Waals surface area (Å²) in [5.74, 6) is 0.0949. The molecule has 0 aliphatic heterocycles. The molecule has 1 aromatic carbocycles. The van der Waals surface area contributed by atoms with Gasteiger partial charge in [0.25, 0.3) is 0 Å². The third-order valence-electron chi connectivity index (χ3n) is 2.10. The Labute approximate surface area is 80.1 Å². The zero-order valence-electron chi connectivity index (χ0n) is 7.67. The van der Waals surface area contributed by atoms with Gasteiger partial charge in [-0.05, 0) is 12.1 Å². The predicted octanol–water partition coefficient (Wildman–Crippen LogP) is 1.81. The number of aromatic nitrogens is 1. The number of aliphatic hydroxyl groups is 1. The largest absolute Gasteiger partial charge is 0.494 e. The quantitative estimate of drug-likeness (QED) is 0.767. The second-order valence-electron chi connectivity index (χ2n) is 3.02. The molecule has 74 valence electrons. The maximum absolute atomic E-state index is 13.0. The van der Waals surface area contributed by atoms with Gasteiger partial charge < -0.3 is 14.8 Å². The summed E-state index contributed by atoms with van der Waals surface area (Å²) in [6.07, 6.45) is 0. The molecule has 1 aromatic heterocycles. The minimum absolute atomic E-state index is 0.0978. The van der Waals surface area contributed by atoms with E-state index < -0.39 is 0 Å². The lowest BCUT2D eigenvalue weighted by atomic mass is 10.2. The van der Waals surface area contributed by atoms with E-state index in [0.29, 0.717) is 22.3 Å². The molecule has 0 unspecified atom stereocenters. The van der Waals surface area contributed by atoms with Crippen molar-refractivity contribution in [1.29, 1.82) is 0 Å². The second-order valence-corrected chi connectivity index (χ2v) is 3.02. The van der Waals surface area contributed by atoms with Gasteiger partial charge in [0.15, 0.2) is 0 Å². The summed E-state index contributed by atoms with van der Waals surface area (Å²) in [6, 6.07) is 4.40. The topological polar surface area (TPSA) is 45.2 Å². The molecule has 4 heteroatoms. The Morgan fingerprint density at radius 1 is 1.43 bits per heavy atom. The summed E-state index contributed by atoms with van der Waals surface area (Å²) in [5, 5.41) is 9.61. The van der Waals surface area contributed by atoms with E-state index in [1.165, 1.54) is 19.2 Å². The lowest BCUT2D eigenvalue weighted by Crippen LogP contribution is -1.86. The molecule has 1 heterocycles. The molecule has 0 aliphatic rings. The van der Waals surface area contributed by atoms with E-state index in [0.717, 1.165) is 0 Å². The van der Waals surface area contributed by atoms with E-state index in [-0.39, 0.29) is 12.4 Å². The molecule has 3 nitrogen and oxygen atoms in total. The molecule has 2 N–H and O–H groups in total. The van der Waals surface area contributed by atoms with Crippen LogP contribution in [0.5, 0.6) is 5.75 Å². The maximum Gasteiger partial charge on any atom is 0.145 e. The van der Waals surface area contributed by atoms with Crippen LogP contribution in [0, 0.1) is 5.82 Å². The third-order valence-corrected chi connectivity index (χ3v) is 2.10. The average Bonchev–Trinajstić information content (AvgIpc) is 2.59. The number of methoxy groups -OCH3 is 1. The van der Waals surface area contributed by atoms with Crippen LogP contribution in [0.15, 0.2) is 18.2 Å². The van der Waals surface area contributed by atoms with Crippen molar-refractivity contribution >= 4 is 10.9 Å². The molecule has 0 amide bonds. The molecular formula is C10H10FNO2. The fourth-order valence-electron chi connectivity index (χ4n) is 1.48. The molecule has 0 aliphatic carbocycles. The van der Waals surface area contributed by atoms with Gasteiger partial charge in [0, 0.05) is 17.1 Å². The van der Waals surface area contributed by atoms with Gasteiger partial charge in [-0.2, -0.15) is 0 Å². The standard InChI is InChI=1S/C10H10FNO2/c1-14-9-4-7(11)2-6-3-8(5-13)12-10(6)9/h2-4,12-13H,5H2,1H3. The number of rotatable bonds is 2. The lowest BCUT2D eigenvalue weighted by molar-refractivity contribution is 0.278. The Morgan fingerprint density at radius 2 is 2.21 bits per heavy atom. The van der Waals surface area contributed by atoms with Crippen LogP contribution in [0.4, 0.5) is 4.39 Å². The number of aliphatic hydroxyl groups excluding tert-OH is 1. The van der Waals surface area contributed by atoms with E-state index in [1.807, 2.05) is 0 Å². The van der Waals surface area contributed by atoms with Gasteiger partial charge in [0.2, 0.25) is 0 Å². The maximum atomic E-state index is 13.0. The van der Waals surface area contributed by atoms with Crippen LogP contribution in [0.1, 0.15) is 5.69 Å². The Hall–Kier alpha value is -1.55. The second kappa shape index (κ2) is 3.31. The minimum Gasteiger partial charge on any atom is -0.494 e. The smallest absolute Gasteiger partial charge is 0.145 e. The number of benzene rings is 1. The highest BCUT2D eigenvalue weighted by atomic mass is 19.1. The number of nitrogens with one attached hydrogen (secondary N) is 1. The van der Waals surface area contributed by atoms with E-state index >= 15 is 0 Å². The SMILES string of the molecule is COc1cc(F)cc2cc(CO)[nH]c12. The predicted molar refractivity (Wildman–Crippen MR) is 50.7 cm³/mol. The van der Waals surface area contributed by atoms with Gasteiger partial charge in [-0.25, -0.2) is 4.39 Å². The Kier molecular flexibility index (Phi) is 2.13. The monoisotopic (exact) mass is 195 g/mol. The molecule has 0 bridgehead atoms. The van der Waals surface area contributed by atoms with Gasteiger partial charge in [-0.3, -0.25) is 0 Å². The van der Waals surface area contributed by atoms with Crippen LogP contribution in [-0.4, -0.2) is 17.2 Å². The number of hydrogen-bond donors (Lipinski definition) is 2. The molecular weight excluding hydrogens is 185 g/mol. The molecule has 0 atom stereocenters. The molecule has 2 aromatic rings. The van der Waals surface area contributed by atoms with Gasteiger partial charge >= 0.3 is 0 Å². The fourth-order valence-corrected chi connectivity index (χ4v) is 1.48. The van der Waals surface area contributed by atoms with Crippen molar-refractivity contribution in [3.8, 4) is 5.75 Å². The summed E-state index contributed by atoms with van der Waals surface area (Å²) in [4.78, 5) is 2.95. The number of H-pyrrole nitrogens is 1. The van der Waals surface area contributed by atoms with Crippen LogP contribution in [0.3, 0.4) is 0 Å². The number of aromatic amines is 1. The van der Waals surface area contributed by atoms with Crippen molar-refractivity contribution in [1.82, 2.24) is 4.98 Å². The third kappa shape index (κ3) is 1.33. The summed E-state index contributed by atoms with van der Waals surface area (Å²) >= 11 is 0. The van der Waals surface area contributed by atoms with Crippen molar-refractivity contribution in [3.63, 3.8) is 0 Å². The highest BCUT2D eigenvalue weighted by molar-refractivity contribution is 5.86. The highest BCUT2D eigenvalue weighted by Gasteiger charge is 2.07. The van der Waals surface area contributed by atoms with E-state index in [4.69, 9.17) is 9.84 Å². The van der Waals surface area contributed by atoms with Gasteiger partial charge in [0.1, 0.15) is 11.6 Å². The normalized spacial score (nSPS) is 10.8. The Morgan fingerprint density at radius 3 is 2.86 bits per heavy atom. The summed E-state index contributed by atoms with van der Waals surface area (Å²) < 4.78 is 18.1. The molecule has 0 saturated heterocycles. The number of ether oxygens (including phenoxy) is 1. The minimum atomic E-state index is -0.349. The molecule has 0 saturated carbocycles. The average molecular weight is 195 g/mol. The Bertz CT molecular complexity index is 464. The first kappa shape index (κ1) is 9.02. The van der Waals surface area contributed by atoms with E-state index in [9.17, 15) is 4.39 Å². The van der Waals surface area contributed by atoms with Gasteiger partial charge in [-0.15, -0.1) is 0 Å². The van der Waals surface area contributed by atoms with Gasteiger partial charge in [-0.1, -0.05) is 0 Å². The zero-order chi connectivity index (χ0) is 10.1. The molecule has 0 spiro atoms. The number of halogens is 1. The molecule has 14 heavy (non-hydrogen) atoms. The summed E-state index contributed by atoms with van der Waals surface area (Å²) in [6.45, 7) is -0.0978. The lowest BCUT2D eigenvalue weighted by Gasteiger charge is -2.01. The van der Waals surface area contributed by atoms with E-state index in [1.54, 1.807) is 6.07 Å². The van der Waals surface area contributed by atoms with Crippen molar-refractivity contribution in [3.05, 3.63) is 29.7 Å². The number of fused-ring (bicyclic) bond motifs is 1. The first-order valence-electron chi connectivity index (χ1n) is 4.20. The number of hydrogen-bond acceptors (Lipinski definition) is 2. The van der Waals surface area contributed by atoms with Crippen LogP contribution < -0.4 is 4.74 Å². The Balaban J connectivity index is 2.71. The van der Waals surface area contributed by atoms with Crippen molar-refractivity contribution in [2.24, 2.45) is 0 Å². The first-order valence-corrected chi connectivity index (χ1v) is 4.20. The summed E-state index contributed by atoms with van der Waals surface area (Å²) in [7, 11) is 1.48. The molecule has 2 rings (SSSR count). The van der Waals surface area contributed by atoms with Crippen molar-refractivity contribution < 1.29 is 14.2 Å². The van der Waals surface area contributed by atoms with Crippen molar-refractivity contribution in [2.75, 3.05) is 7.11 Å². The fraction of sp³-hybridized carbons (Fsp3) is 0.200. The van der Waals surface area contributed by atoms with Crippen molar-refractivity contribution in [2.45, 2.75) is 6.61 Å². The van der Waals surface area contributed by atoms with Crippen LogP contribution in [0.25, 0.3) is 10.9 Å². The van der Waals surface area contributed by atoms with Crippen LogP contribution in [0.2, 0.25) is 0 Å². The van der Waals surface area contributed by atoms with Crippen LogP contribution >= 0.6 is 0 Å². The van der Waals surface area contributed by atoms with E-state index in [2.05, 4.69) is 4.98 Å². The highest BCUT2D eigenvalue weighted by Crippen LogP contribution is 2.26.